The maximum absolute atomic E-state index is 6.35. The zero-order chi connectivity index (χ0) is 18.2. The second-order valence-corrected chi connectivity index (χ2v) is 7.90. The van der Waals surface area contributed by atoms with Crippen molar-refractivity contribution in [1.29, 1.82) is 0 Å². The molecule has 0 fully saturated rings. The number of rotatable bonds is 5. The van der Waals surface area contributed by atoms with E-state index in [1.807, 2.05) is 72.8 Å². The summed E-state index contributed by atoms with van der Waals surface area (Å²) in [5, 5.41) is 3.82. The van der Waals surface area contributed by atoms with Gasteiger partial charge in [0.1, 0.15) is 5.04 Å². The molecule has 4 heteroatoms. The smallest absolute Gasteiger partial charge is 0.105 e. The van der Waals surface area contributed by atoms with Crippen molar-refractivity contribution < 1.29 is 0 Å². The third-order valence-corrected chi connectivity index (χ3v) is 6.12. The maximum Gasteiger partial charge on any atom is 0.105 e. The third kappa shape index (κ3) is 5.53. The predicted molar refractivity (Wildman–Crippen MR) is 117 cm³/mol. The molecule has 0 aliphatic heterocycles. The molecule has 1 nitrogen and oxygen atoms in total. The summed E-state index contributed by atoms with van der Waals surface area (Å²) in [7, 11) is 0. The SMILES string of the molecule is CC(=C\Sc1ccccc1)/C(=N/c1ccccc1)Sc1ccccc1Cl. The highest BCUT2D eigenvalue weighted by atomic mass is 35.5. The van der Waals surface area contributed by atoms with E-state index < -0.39 is 0 Å². The van der Waals surface area contributed by atoms with E-state index in [2.05, 4.69) is 24.5 Å². The summed E-state index contributed by atoms with van der Waals surface area (Å²) in [6.07, 6.45) is 0. The van der Waals surface area contributed by atoms with Crippen LogP contribution in [0.4, 0.5) is 5.69 Å². The Morgan fingerprint density at radius 3 is 2.15 bits per heavy atom. The number of hydrogen-bond donors (Lipinski definition) is 0. The van der Waals surface area contributed by atoms with Crippen LogP contribution in [-0.2, 0) is 0 Å². The number of benzene rings is 3. The van der Waals surface area contributed by atoms with Crippen molar-refractivity contribution in [1.82, 2.24) is 0 Å². The van der Waals surface area contributed by atoms with Gasteiger partial charge < -0.3 is 0 Å². The first-order chi connectivity index (χ1) is 12.7. The molecular weight excluding hydrogens is 378 g/mol. The summed E-state index contributed by atoms with van der Waals surface area (Å²) < 4.78 is 0. The van der Waals surface area contributed by atoms with Gasteiger partial charge in [0.15, 0.2) is 0 Å². The van der Waals surface area contributed by atoms with Gasteiger partial charge in [0, 0.05) is 9.79 Å². The minimum Gasteiger partial charge on any atom is -0.241 e. The fraction of sp³-hybridized carbons (Fsp3) is 0.0455. The predicted octanol–water partition coefficient (Wildman–Crippen LogP) is 7.86. The lowest BCUT2D eigenvalue weighted by Crippen LogP contribution is -1.94. The van der Waals surface area contributed by atoms with Crippen LogP contribution in [0.2, 0.25) is 5.02 Å². The van der Waals surface area contributed by atoms with Gasteiger partial charge in [0.2, 0.25) is 0 Å². The molecule has 0 amide bonds. The molecule has 0 radical (unpaired) electrons. The third-order valence-electron chi connectivity index (χ3n) is 3.48. The lowest BCUT2D eigenvalue weighted by atomic mass is 10.3. The topological polar surface area (TPSA) is 12.4 Å². The minimum atomic E-state index is 0.738. The molecule has 0 saturated heterocycles. The van der Waals surface area contributed by atoms with Gasteiger partial charge in [-0.1, -0.05) is 83.7 Å². The lowest BCUT2D eigenvalue weighted by Gasteiger charge is -2.09. The van der Waals surface area contributed by atoms with Crippen LogP contribution in [0.25, 0.3) is 0 Å². The Kier molecular flexibility index (Phi) is 7.01. The molecular formula is C22H18ClNS2. The van der Waals surface area contributed by atoms with Crippen molar-refractivity contribution in [2.45, 2.75) is 16.7 Å². The van der Waals surface area contributed by atoms with Crippen LogP contribution in [0.15, 0.2) is 111 Å². The first-order valence-electron chi connectivity index (χ1n) is 8.17. The van der Waals surface area contributed by atoms with Gasteiger partial charge in [-0.15, -0.1) is 0 Å². The average molecular weight is 396 g/mol. The van der Waals surface area contributed by atoms with Crippen molar-refractivity contribution in [3.05, 3.63) is 101 Å². The van der Waals surface area contributed by atoms with Gasteiger partial charge in [-0.2, -0.15) is 0 Å². The molecule has 0 saturated carbocycles. The highest BCUT2D eigenvalue weighted by Crippen LogP contribution is 2.32. The van der Waals surface area contributed by atoms with Gasteiger partial charge in [0.25, 0.3) is 0 Å². The Morgan fingerprint density at radius 1 is 0.846 bits per heavy atom. The zero-order valence-electron chi connectivity index (χ0n) is 14.3. The van der Waals surface area contributed by atoms with Gasteiger partial charge in [-0.25, -0.2) is 4.99 Å². The number of halogens is 1. The van der Waals surface area contributed by atoms with E-state index >= 15 is 0 Å². The fourth-order valence-electron chi connectivity index (χ4n) is 2.15. The normalized spacial score (nSPS) is 12.2. The summed E-state index contributed by atoms with van der Waals surface area (Å²) in [5.41, 5.74) is 2.03. The Bertz CT molecular complexity index is 906. The van der Waals surface area contributed by atoms with Gasteiger partial charge in [-0.05, 0) is 54.3 Å². The minimum absolute atomic E-state index is 0.738. The zero-order valence-corrected chi connectivity index (χ0v) is 16.7. The molecule has 0 N–H and O–H groups in total. The Morgan fingerprint density at radius 2 is 1.46 bits per heavy atom. The first kappa shape index (κ1) is 18.8. The molecule has 3 aromatic rings. The second kappa shape index (κ2) is 9.67. The first-order valence-corrected chi connectivity index (χ1v) is 10.2. The molecule has 0 aliphatic carbocycles. The largest absolute Gasteiger partial charge is 0.241 e. The molecule has 0 aromatic heterocycles. The van der Waals surface area contributed by atoms with E-state index in [0.717, 1.165) is 26.2 Å². The molecule has 0 bridgehead atoms. The van der Waals surface area contributed by atoms with E-state index in [1.54, 1.807) is 23.5 Å². The molecule has 3 rings (SSSR count). The highest BCUT2D eigenvalue weighted by molar-refractivity contribution is 8.14. The van der Waals surface area contributed by atoms with E-state index in [9.17, 15) is 0 Å². The van der Waals surface area contributed by atoms with Crippen LogP contribution in [-0.4, -0.2) is 5.04 Å². The van der Waals surface area contributed by atoms with E-state index in [0.29, 0.717) is 0 Å². The summed E-state index contributed by atoms with van der Waals surface area (Å²) in [6.45, 7) is 2.08. The summed E-state index contributed by atoms with van der Waals surface area (Å²) in [5.74, 6) is 0. The Hall–Kier alpha value is -1.94. The molecule has 130 valence electrons. The molecule has 3 aromatic carbocycles. The number of nitrogens with zero attached hydrogens (tertiary/aromatic N) is 1. The summed E-state index contributed by atoms with van der Waals surface area (Å²) in [6, 6.07) is 28.2. The molecule has 0 spiro atoms. The summed E-state index contributed by atoms with van der Waals surface area (Å²) in [4.78, 5) is 7.05. The van der Waals surface area contributed by atoms with Crippen molar-refractivity contribution in [2.75, 3.05) is 0 Å². The Labute approximate surface area is 168 Å². The monoisotopic (exact) mass is 395 g/mol. The van der Waals surface area contributed by atoms with Crippen LogP contribution >= 0.6 is 35.1 Å². The van der Waals surface area contributed by atoms with Crippen molar-refractivity contribution in [2.24, 2.45) is 4.99 Å². The lowest BCUT2D eigenvalue weighted by molar-refractivity contribution is 1.46. The maximum atomic E-state index is 6.35. The van der Waals surface area contributed by atoms with Crippen LogP contribution in [0.1, 0.15) is 6.92 Å². The van der Waals surface area contributed by atoms with Gasteiger partial charge in [0.05, 0.1) is 10.7 Å². The van der Waals surface area contributed by atoms with Crippen LogP contribution in [0.3, 0.4) is 0 Å². The van der Waals surface area contributed by atoms with Crippen LogP contribution < -0.4 is 0 Å². The summed E-state index contributed by atoms with van der Waals surface area (Å²) >= 11 is 9.63. The van der Waals surface area contributed by atoms with Crippen LogP contribution in [0, 0.1) is 0 Å². The number of thioether (sulfide) groups is 2. The number of hydrogen-bond acceptors (Lipinski definition) is 3. The van der Waals surface area contributed by atoms with Crippen molar-refractivity contribution in [3.8, 4) is 0 Å². The molecule has 26 heavy (non-hydrogen) atoms. The average Bonchev–Trinajstić information content (AvgIpc) is 2.69. The van der Waals surface area contributed by atoms with Gasteiger partial charge >= 0.3 is 0 Å². The Balaban J connectivity index is 1.89. The molecule has 0 aliphatic rings. The second-order valence-electron chi connectivity index (χ2n) is 5.52. The van der Waals surface area contributed by atoms with E-state index in [4.69, 9.17) is 16.6 Å². The highest BCUT2D eigenvalue weighted by Gasteiger charge is 2.09. The van der Waals surface area contributed by atoms with E-state index in [-0.39, 0.29) is 0 Å². The fourth-order valence-corrected chi connectivity index (χ4v) is 4.11. The quantitative estimate of drug-likeness (QED) is 0.247. The van der Waals surface area contributed by atoms with Crippen molar-refractivity contribution in [3.63, 3.8) is 0 Å². The number of para-hydroxylation sites is 1. The standard InChI is InChI=1S/C22H18ClNS2/c1-17(16-25-19-12-6-3-7-13-19)22(24-18-10-4-2-5-11-18)26-21-15-9-8-14-20(21)23/h2-16H,1H3/b17-16+,24-22-. The van der Waals surface area contributed by atoms with Crippen molar-refractivity contribution >= 4 is 45.9 Å². The molecule has 0 atom stereocenters. The van der Waals surface area contributed by atoms with Crippen LogP contribution in [0.5, 0.6) is 0 Å². The number of aliphatic imine (C=N–C) groups is 1. The molecule has 0 unspecified atom stereocenters. The molecule has 0 heterocycles. The van der Waals surface area contributed by atoms with E-state index in [1.165, 1.54) is 4.90 Å². The van der Waals surface area contributed by atoms with Gasteiger partial charge in [-0.3, -0.25) is 0 Å².